The molecule has 0 unspecified atom stereocenters. The van der Waals surface area contributed by atoms with E-state index in [9.17, 15) is 0 Å². The lowest BCUT2D eigenvalue weighted by Gasteiger charge is -2.38. The molecule has 0 atom stereocenters. The van der Waals surface area contributed by atoms with Crippen molar-refractivity contribution in [1.82, 2.24) is 15.0 Å². The van der Waals surface area contributed by atoms with Crippen LogP contribution in [-0.4, -0.2) is 34.2 Å². The molecule has 2 aliphatic rings. The minimum absolute atomic E-state index is 0.493. The highest BCUT2D eigenvalue weighted by molar-refractivity contribution is 4.97. The Bertz CT molecular complexity index is 390. The maximum Gasteiger partial charge on any atom is 0.229 e. The molecule has 1 aromatic rings. The van der Waals surface area contributed by atoms with Crippen molar-refractivity contribution in [2.24, 2.45) is 0 Å². The van der Waals surface area contributed by atoms with Crippen molar-refractivity contribution in [1.29, 1.82) is 0 Å². The van der Waals surface area contributed by atoms with Crippen LogP contribution in [0.25, 0.3) is 0 Å². The molecule has 2 fully saturated rings. The van der Waals surface area contributed by atoms with Gasteiger partial charge >= 0.3 is 0 Å². The van der Waals surface area contributed by atoms with Crippen LogP contribution in [0.3, 0.4) is 0 Å². The van der Waals surface area contributed by atoms with E-state index in [1.54, 1.807) is 0 Å². The summed E-state index contributed by atoms with van der Waals surface area (Å²) < 4.78 is 5.40. The highest BCUT2D eigenvalue weighted by Crippen LogP contribution is 2.31. The van der Waals surface area contributed by atoms with E-state index in [0.717, 1.165) is 24.2 Å². The number of hydrogen-bond acceptors (Lipinski definition) is 4. The predicted octanol–water partition coefficient (Wildman–Crippen LogP) is 3.14. The smallest absolute Gasteiger partial charge is 0.229 e. The molecule has 0 bridgehead atoms. The summed E-state index contributed by atoms with van der Waals surface area (Å²) in [5.41, 5.74) is 0. The second-order valence-corrected chi connectivity index (χ2v) is 6.00. The molecular formula is C15H25N3O. The summed E-state index contributed by atoms with van der Waals surface area (Å²) in [6.45, 7) is 4.48. The zero-order valence-electron chi connectivity index (χ0n) is 12.0. The van der Waals surface area contributed by atoms with Crippen LogP contribution in [0.15, 0.2) is 4.52 Å². The lowest BCUT2D eigenvalue weighted by atomic mass is 9.90. The number of likely N-dealkylation sites (tertiary alicyclic amines) is 1. The summed E-state index contributed by atoms with van der Waals surface area (Å²) in [6, 6.07) is 0.851. The van der Waals surface area contributed by atoms with Gasteiger partial charge in [0.05, 0.1) is 0 Å². The first kappa shape index (κ1) is 13.1. The molecule has 106 valence electrons. The van der Waals surface area contributed by atoms with E-state index in [0.29, 0.717) is 5.92 Å². The van der Waals surface area contributed by atoms with Gasteiger partial charge in [-0.05, 0) is 38.8 Å². The molecule has 1 saturated carbocycles. The van der Waals surface area contributed by atoms with Gasteiger partial charge in [0.1, 0.15) is 0 Å². The first-order valence-electron chi connectivity index (χ1n) is 7.93. The van der Waals surface area contributed by atoms with Gasteiger partial charge in [-0.2, -0.15) is 4.98 Å². The quantitative estimate of drug-likeness (QED) is 0.840. The van der Waals surface area contributed by atoms with Gasteiger partial charge in [0.25, 0.3) is 0 Å². The molecule has 0 amide bonds. The van der Waals surface area contributed by atoms with Crippen molar-refractivity contribution in [3.8, 4) is 0 Å². The zero-order valence-corrected chi connectivity index (χ0v) is 12.0. The highest BCUT2D eigenvalue weighted by atomic mass is 16.5. The van der Waals surface area contributed by atoms with Gasteiger partial charge in [0.15, 0.2) is 5.82 Å². The SMILES string of the molecule is CCc1noc(C2CCN(C3CCCCC3)CC2)n1. The topological polar surface area (TPSA) is 42.2 Å². The van der Waals surface area contributed by atoms with Gasteiger partial charge in [-0.15, -0.1) is 0 Å². The number of rotatable bonds is 3. The first-order chi connectivity index (χ1) is 9.36. The zero-order chi connectivity index (χ0) is 13.1. The number of hydrogen-bond donors (Lipinski definition) is 0. The second-order valence-electron chi connectivity index (χ2n) is 6.00. The monoisotopic (exact) mass is 263 g/mol. The third kappa shape index (κ3) is 2.99. The van der Waals surface area contributed by atoms with Gasteiger partial charge in [-0.1, -0.05) is 31.3 Å². The Balaban J connectivity index is 1.53. The van der Waals surface area contributed by atoms with Crippen LogP contribution in [0, 0.1) is 0 Å². The fourth-order valence-corrected chi connectivity index (χ4v) is 3.53. The molecule has 1 aliphatic heterocycles. The summed E-state index contributed by atoms with van der Waals surface area (Å²) >= 11 is 0. The van der Waals surface area contributed by atoms with E-state index in [1.165, 1.54) is 58.0 Å². The summed E-state index contributed by atoms with van der Waals surface area (Å²) in [5, 5.41) is 4.02. The van der Waals surface area contributed by atoms with Gasteiger partial charge in [-0.3, -0.25) is 0 Å². The largest absolute Gasteiger partial charge is 0.339 e. The molecule has 4 heteroatoms. The molecule has 19 heavy (non-hydrogen) atoms. The molecule has 1 saturated heterocycles. The number of aromatic nitrogens is 2. The lowest BCUT2D eigenvalue weighted by molar-refractivity contribution is 0.115. The molecule has 1 aromatic heterocycles. The lowest BCUT2D eigenvalue weighted by Crippen LogP contribution is -2.41. The standard InChI is InChI=1S/C15H25N3O/c1-2-14-16-15(19-17-14)12-8-10-18(11-9-12)13-6-4-3-5-7-13/h12-13H,2-11H2,1H3. The molecule has 0 spiro atoms. The van der Waals surface area contributed by atoms with Crippen molar-refractivity contribution < 1.29 is 4.52 Å². The average Bonchev–Trinajstić information content (AvgIpc) is 2.97. The number of piperidine rings is 1. The van der Waals surface area contributed by atoms with Crippen LogP contribution in [0.4, 0.5) is 0 Å². The molecule has 0 N–H and O–H groups in total. The van der Waals surface area contributed by atoms with Crippen molar-refractivity contribution in [2.45, 2.75) is 70.3 Å². The number of nitrogens with zero attached hydrogens (tertiary/aromatic N) is 3. The third-order valence-corrected chi connectivity index (χ3v) is 4.77. The second kappa shape index (κ2) is 6.04. The average molecular weight is 263 g/mol. The molecule has 1 aliphatic carbocycles. The Kier molecular flexibility index (Phi) is 4.16. The molecule has 2 heterocycles. The summed E-state index contributed by atoms with van der Waals surface area (Å²) in [6.07, 6.45) is 10.3. The highest BCUT2D eigenvalue weighted by Gasteiger charge is 2.29. The minimum Gasteiger partial charge on any atom is -0.339 e. The molecule has 0 aromatic carbocycles. The summed E-state index contributed by atoms with van der Waals surface area (Å²) in [4.78, 5) is 7.19. The van der Waals surface area contributed by atoms with Crippen LogP contribution >= 0.6 is 0 Å². The van der Waals surface area contributed by atoms with Gasteiger partial charge < -0.3 is 9.42 Å². The van der Waals surface area contributed by atoms with Crippen molar-refractivity contribution in [3.05, 3.63) is 11.7 Å². The Morgan fingerprint density at radius 3 is 2.47 bits per heavy atom. The molecular weight excluding hydrogens is 238 g/mol. The van der Waals surface area contributed by atoms with Crippen LogP contribution in [0.5, 0.6) is 0 Å². The van der Waals surface area contributed by atoms with E-state index < -0.39 is 0 Å². The predicted molar refractivity (Wildman–Crippen MR) is 74.1 cm³/mol. The van der Waals surface area contributed by atoms with E-state index in [1.807, 2.05) is 0 Å². The Morgan fingerprint density at radius 1 is 1.11 bits per heavy atom. The summed E-state index contributed by atoms with van der Waals surface area (Å²) in [5.74, 6) is 2.22. The van der Waals surface area contributed by atoms with Crippen LogP contribution in [-0.2, 0) is 6.42 Å². The van der Waals surface area contributed by atoms with E-state index in [4.69, 9.17) is 4.52 Å². The number of aryl methyl sites for hydroxylation is 1. The molecule has 0 radical (unpaired) electrons. The summed E-state index contributed by atoms with van der Waals surface area (Å²) in [7, 11) is 0. The van der Waals surface area contributed by atoms with Crippen molar-refractivity contribution in [3.63, 3.8) is 0 Å². The maximum absolute atomic E-state index is 5.40. The third-order valence-electron chi connectivity index (χ3n) is 4.77. The van der Waals surface area contributed by atoms with Crippen molar-refractivity contribution in [2.75, 3.05) is 13.1 Å². The van der Waals surface area contributed by atoms with Gasteiger partial charge in [-0.25, -0.2) is 0 Å². The molecule has 4 nitrogen and oxygen atoms in total. The Hall–Kier alpha value is -0.900. The Morgan fingerprint density at radius 2 is 1.84 bits per heavy atom. The van der Waals surface area contributed by atoms with Crippen LogP contribution < -0.4 is 0 Å². The van der Waals surface area contributed by atoms with E-state index in [2.05, 4.69) is 22.0 Å². The van der Waals surface area contributed by atoms with Gasteiger partial charge in [0.2, 0.25) is 5.89 Å². The molecule has 3 rings (SSSR count). The van der Waals surface area contributed by atoms with Crippen molar-refractivity contribution >= 4 is 0 Å². The van der Waals surface area contributed by atoms with Crippen LogP contribution in [0.2, 0.25) is 0 Å². The minimum atomic E-state index is 0.493. The fourth-order valence-electron chi connectivity index (χ4n) is 3.53. The van der Waals surface area contributed by atoms with Gasteiger partial charge in [0, 0.05) is 18.4 Å². The van der Waals surface area contributed by atoms with E-state index in [-0.39, 0.29) is 0 Å². The maximum atomic E-state index is 5.40. The first-order valence-corrected chi connectivity index (χ1v) is 7.93. The fraction of sp³-hybridized carbons (Fsp3) is 0.867. The van der Waals surface area contributed by atoms with Crippen LogP contribution in [0.1, 0.15) is 69.5 Å². The normalized spacial score (nSPS) is 23.8. The van der Waals surface area contributed by atoms with E-state index >= 15 is 0 Å². The Labute approximate surface area is 115 Å².